The molecule has 4 aliphatic rings. The molecule has 1 aromatic carbocycles. The number of aliphatic carboxylic acids is 1. The smallest absolute Gasteiger partial charge is 0.312 e. The predicted octanol–water partition coefficient (Wildman–Crippen LogP) is 5.30. The molecule has 0 bridgehead atoms. The number of carboxylic acid groups (broad SMARTS) is 1. The van der Waals surface area contributed by atoms with Gasteiger partial charge in [-0.25, -0.2) is 0 Å². The highest BCUT2D eigenvalue weighted by Gasteiger charge is 2.69. The molecule has 5 rings (SSSR count). The van der Waals surface area contributed by atoms with Crippen LogP contribution in [0, 0.1) is 47.3 Å². The average molecular weight is 453 g/mol. The zero-order valence-corrected chi connectivity index (χ0v) is 21.0. The molecule has 0 heterocycles. The summed E-state index contributed by atoms with van der Waals surface area (Å²) in [6.45, 7) is 13.2. The lowest BCUT2D eigenvalue weighted by atomic mass is 9.35. The van der Waals surface area contributed by atoms with E-state index in [-0.39, 0.29) is 28.1 Å². The van der Waals surface area contributed by atoms with E-state index < -0.39 is 23.6 Å². The molecule has 180 valence electrons. The van der Waals surface area contributed by atoms with E-state index in [1.54, 1.807) is 6.92 Å². The van der Waals surface area contributed by atoms with E-state index in [2.05, 4.69) is 52.8 Å². The summed E-state index contributed by atoms with van der Waals surface area (Å²) in [6, 6.07) is 4.56. The van der Waals surface area contributed by atoms with Gasteiger partial charge in [-0.2, -0.15) is 0 Å². The Bertz CT molecular complexity index is 1060. The quantitative estimate of drug-likeness (QED) is 0.540. The Morgan fingerprint density at radius 1 is 1.03 bits per heavy atom. The van der Waals surface area contributed by atoms with E-state index >= 15 is 0 Å². The molecular formula is C29H40O4. The van der Waals surface area contributed by atoms with Crippen LogP contribution in [-0.4, -0.2) is 33.5 Å². The lowest BCUT2D eigenvalue weighted by molar-refractivity contribution is -0.234. The summed E-state index contributed by atoms with van der Waals surface area (Å²) in [5.41, 5.74) is 5.47. The third-order valence-corrected chi connectivity index (χ3v) is 11.5. The van der Waals surface area contributed by atoms with Crippen LogP contribution in [0.1, 0.15) is 82.1 Å². The largest absolute Gasteiger partial charge is 0.481 e. The van der Waals surface area contributed by atoms with Crippen LogP contribution in [-0.2, 0) is 11.2 Å². The van der Waals surface area contributed by atoms with Gasteiger partial charge < -0.3 is 15.3 Å². The normalized spacial score (nSPS) is 46.4. The van der Waals surface area contributed by atoms with Crippen LogP contribution in [0.25, 0.3) is 5.57 Å². The minimum Gasteiger partial charge on any atom is -0.481 e. The lowest BCUT2D eigenvalue weighted by Crippen LogP contribution is -2.68. The Balaban J connectivity index is 1.67. The number of aryl methyl sites for hydroxylation is 2. The minimum atomic E-state index is -1.33. The van der Waals surface area contributed by atoms with E-state index in [0.29, 0.717) is 6.42 Å². The van der Waals surface area contributed by atoms with Crippen LogP contribution in [0.4, 0.5) is 0 Å². The molecule has 0 aromatic heterocycles. The van der Waals surface area contributed by atoms with Gasteiger partial charge in [-0.05, 0) is 115 Å². The Hall–Kier alpha value is -1.65. The molecule has 0 saturated heterocycles. The molecule has 0 unspecified atom stereocenters. The van der Waals surface area contributed by atoms with Crippen molar-refractivity contribution in [1.29, 1.82) is 0 Å². The van der Waals surface area contributed by atoms with Gasteiger partial charge in [0.1, 0.15) is 0 Å². The van der Waals surface area contributed by atoms with E-state index in [4.69, 9.17) is 0 Å². The molecule has 4 nitrogen and oxygen atoms in total. The van der Waals surface area contributed by atoms with E-state index in [1.165, 1.54) is 27.8 Å². The summed E-state index contributed by atoms with van der Waals surface area (Å²) in [5.74, 6) is -0.869. The Morgan fingerprint density at radius 3 is 2.39 bits per heavy atom. The molecule has 4 heteroatoms. The number of carbonyl (C=O) groups is 1. The lowest BCUT2D eigenvalue weighted by Gasteiger charge is -2.69. The van der Waals surface area contributed by atoms with Gasteiger partial charge in [0.05, 0.1) is 17.6 Å². The fraction of sp³-hybridized carbons (Fsp3) is 0.690. The number of aliphatic hydroxyl groups excluding tert-OH is 2. The minimum absolute atomic E-state index is 0.0100. The molecule has 33 heavy (non-hydrogen) atoms. The molecule has 2 saturated carbocycles. The fourth-order valence-corrected chi connectivity index (χ4v) is 9.23. The summed E-state index contributed by atoms with van der Waals surface area (Å²) in [4.78, 5) is 12.5. The molecule has 2 fully saturated rings. The first-order valence-corrected chi connectivity index (χ1v) is 12.7. The number of hydrogen-bond donors (Lipinski definition) is 3. The van der Waals surface area contributed by atoms with Crippen LogP contribution in [0.15, 0.2) is 18.2 Å². The maximum absolute atomic E-state index is 12.5. The van der Waals surface area contributed by atoms with Crippen molar-refractivity contribution in [2.45, 2.75) is 92.3 Å². The number of rotatable bonds is 1. The molecule has 0 aliphatic heterocycles. The molecule has 1 aromatic rings. The van der Waals surface area contributed by atoms with Crippen LogP contribution >= 0.6 is 0 Å². The third kappa shape index (κ3) is 2.63. The highest BCUT2D eigenvalue weighted by molar-refractivity contribution is 5.79. The SMILES string of the molecule is Cc1ccc2c(c1C)C1=CC[C@H]3[C@]4(C)C[C@@H](O)[C@H](O)[C@@](C)(C(=O)O)[C@@H]4CC[C@]3(C)[C@]1(C)CC2. The third-order valence-electron chi connectivity index (χ3n) is 11.5. The predicted molar refractivity (Wildman–Crippen MR) is 130 cm³/mol. The standard InChI is InChI=1S/C29H40O4/c1-16-7-8-18-11-13-27(4)19(23(18)17(16)2)9-10-21-26(3)15-20(30)24(31)29(6,25(32)33)22(26)12-14-28(21,27)5/h7-9,20-22,24,30-31H,10-15H2,1-6H3,(H,32,33)/t20-,21+,22-,24+,26+,27-,28+,29+/m1/s1. The summed E-state index contributed by atoms with van der Waals surface area (Å²) in [6.07, 6.45) is 5.50. The summed E-state index contributed by atoms with van der Waals surface area (Å²) in [5, 5.41) is 32.0. The van der Waals surface area contributed by atoms with Crippen LogP contribution in [0.3, 0.4) is 0 Å². The second-order valence-electron chi connectivity index (χ2n) is 12.6. The maximum Gasteiger partial charge on any atom is 0.312 e. The summed E-state index contributed by atoms with van der Waals surface area (Å²) in [7, 11) is 0. The summed E-state index contributed by atoms with van der Waals surface area (Å²) < 4.78 is 0. The second kappa shape index (κ2) is 6.95. The van der Waals surface area contributed by atoms with Gasteiger partial charge in [0.25, 0.3) is 0 Å². The molecule has 3 N–H and O–H groups in total. The highest BCUT2D eigenvalue weighted by Crippen LogP contribution is 2.73. The van der Waals surface area contributed by atoms with Gasteiger partial charge in [-0.15, -0.1) is 0 Å². The Labute approximate surface area is 198 Å². The number of aliphatic hydroxyl groups is 2. The zero-order chi connectivity index (χ0) is 24.1. The van der Waals surface area contributed by atoms with Crippen LogP contribution in [0.2, 0.25) is 0 Å². The number of carboxylic acids is 1. The molecule has 0 spiro atoms. The van der Waals surface area contributed by atoms with Gasteiger partial charge in [0.15, 0.2) is 0 Å². The van der Waals surface area contributed by atoms with E-state index in [9.17, 15) is 20.1 Å². The fourth-order valence-electron chi connectivity index (χ4n) is 9.23. The summed E-state index contributed by atoms with van der Waals surface area (Å²) >= 11 is 0. The Morgan fingerprint density at radius 2 is 1.73 bits per heavy atom. The zero-order valence-electron chi connectivity index (χ0n) is 21.0. The van der Waals surface area contributed by atoms with Crippen molar-refractivity contribution < 1.29 is 20.1 Å². The Kier molecular flexibility index (Phi) is 4.86. The average Bonchev–Trinajstić information content (AvgIpc) is 2.74. The van der Waals surface area contributed by atoms with Crippen molar-refractivity contribution in [3.8, 4) is 0 Å². The van der Waals surface area contributed by atoms with Crippen LogP contribution < -0.4 is 0 Å². The van der Waals surface area contributed by atoms with Crippen LogP contribution in [0.5, 0.6) is 0 Å². The second-order valence-corrected chi connectivity index (χ2v) is 12.6. The number of benzene rings is 1. The molecule has 8 atom stereocenters. The molecule has 0 radical (unpaired) electrons. The van der Waals surface area contributed by atoms with Crippen molar-refractivity contribution in [2.75, 3.05) is 0 Å². The first-order chi connectivity index (χ1) is 15.3. The topological polar surface area (TPSA) is 77.8 Å². The molecule has 0 amide bonds. The van der Waals surface area contributed by atoms with Crippen molar-refractivity contribution in [2.24, 2.45) is 33.5 Å². The number of allylic oxidation sites excluding steroid dienone is 2. The van der Waals surface area contributed by atoms with Gasteiger partial charge in [0, 0.05) is 0 Å². The van der Waals surface area contributed by atoms with E-state index in [1.807, 2.05) is 0 Å². The number of hydrogen-bond acceptors (Lipinski definition) is 3. The molecular weight excluding hydrogens is 412 g/mol. The van der Waals surface area contributed by atoms with Gasteiger partial charge >= 0.3 is 5.97 Å². The van der Waals surface area contributed by atoms with Gasteiger partial charge in [-0.3, -0.25) is 4.79 Å². The van der Waals surface area contributed by atoms with Crippen molar-refractivity contribution in [3.05, 3.63) is 40.5 Å². The van der Waals surface area contributed by atoms with Crippen molar-refractivity contribution in [1.82, 2.24) is 0 Å². The molecule has 4 aliphatic carbocycles. The maximum atomic E-state index is 12.5. The van der Waals surface area contributed by atoms with Crippen molar-refractivity contribution in [3.63, 3.8) is 0 Å². The van der Waals surface area contributed by atoms with E-state index in [0.717, 1.165) is 32.1 Å². The van der Waals surface area contributed by atoms with Gasteiger partial charge in [0.2, 0.25) is 0 Å². The first kappa shape index (κ1) is 23.1. The first-order valence-electron chi connectivity index (χ1n) is 12.7. The van der Waals surface area contributed by atoms with Gasteiger partial charge in [-0.1, -0.05) is 39.0 Å². The highest BCUT2D eigenvalue weighted by atomic mass is 16.4. The number of fused-ring (bicyclic) bond motifs is 7. The monoisotopic (exact) mass is 452 g/mol. The van der Waals surface area contributed by atoms with Crippen molar-refractivity contribution >= 4 is 11.5 Å².